The number of thiophene rings is 1. The molecule has 1 aliphatic rings. The number of hydrogen-bond acceptors (Lipinski definition) is 4. The molecule has 1 fully saturated rings. The molecule has 0 spiro atoms. The largest absolute Gasteiger partial charge is 0.444 e. The standard InChI is InChI=1S/C17H26N2O3S/c1-12-8-10-23-14(12)15(20)18-11-13-7-5-6-9-19(13)16(21)22-17(2,3)4/h8,10,13H,5-7,9,11H2,1-4H3,(H,18,20)/t13-/m1/s1. The maximum absolute atomic E-state index is 12.3. The molecule has 1 atom stereocenters. The molecule has 2 rings (SSSR count). The Morgan fingerprint density at radius 3 is 2.74 bits per heavy atom. The number of nitrogens with zero attached hydrogens (tertiary/aromatic N) is 1. The van der Waals surface area contributed by atoms with Gasteiger partial charge in [-0.15, -0.1) is 11.3 Å². The zero-order valence-electron chi connectivity index (χ0n) is 14.3. The lowest BCUT2D eigenvalue weighted by atomic mass is 10.0. The van der Waals surface area contributed by atoms with Crippen molar-refractivity contribution in [2.45, 2.75) is 58.6 Å². The molecule has 1 aromatic heterocycles. The highest BCUT2D eigenvalue weighted by atomic mass is 32.1. The summed E-state index contributed by atoms with van der Waals surface area (Å²) in [6.07, 6.45) is 2.65. The van der Waals surface area contributed by atoms with Gasteiger partial charge in [-0.05, 0) is 64.0 Å². The van der Waals surface area contributed by atoms with Gasteiger partial charge in [0, 0.05) is 13.1 Å². The number of likely N-dealkylation sites (tertiary alicyclic amines) is 1. The first-order valence-corrected chi connectivity index (χ1v) is 8.98. The van der Waals surface area contributed by atoms with Crippen molar-refractivity contribution < 1.29 is 14.3 Å². The number of ether oxygens (including phenoxy) is 1. The lowest BCUT2D eigenvalue weighted by Crippen LogP contribution is -2.50. The third-order valence-electron chi connectivity index (χ3n) is 3.82. The summed E-state index contributed by atoms with van der Waals surface area (Å²) in [5.41, 5.74) is 0.483. The number of amides is 2. The first-order valence-electron chi connectivity index (χ1n) is 8.10. The first kappa shape index (κ1) is 17.8. The Morgan fingerprint density at radius 2 is 2.13 bits per heavy atom. The summed E-state index contributed by atoms with van der Waals surface area (Å²) in [4.78, 5) is 27.1. The molecule has 1 aromatic rings. The second-order valence-corrected chi connectivity index (χ2v) is 7.88. The third kappa shape index (κ3) is 4.96. The summed E-state index contributed by atoms with van der Waals surface area (Å²) in [5, 5.41) is 4.88. The Bertz CT molecular complexity index is 562. The number of carbonyl (C=O) groups excluding carboxylic acids is 2. The molecule has 0 bridgehead atoms. The molecule has 1 N–H and O–H groups in total. The molecule has 2 heterocycles. The van der Waals surface area contributed by atoms with E-state index in [1.54, 1.807) is 4.90 Å². The average molecular weight is 338 g/mol. The molecule has 2 amide bonds. The Labute approximate surface area is 142 Å². The monoisotopic (exact) mass is 338 g/mol. The topological polar surface area (TPSA) is 58.6 Å². The minimum atomic E-state index is -0.504. The van der Waals surface area contributed by atoms with Crippen LogP contribution in [0.15, 0.2) is 11.4 Å². The number of carbonyl (C=O) groups is 2. The first-order chi connectivity index (χ1) is 10.8. The zero-order chi connectivity index (χ0) is 17.0. The number of piperidine rings is 1. The molecule has 0 radical (unpaired) electrons. The molecule has 1 saturated heterocycles. The van der Waals surface area contributed by atoms with E-state index in [2.05, 4.69) is 5.32 Å². The maximum Gasteiger partial charge on any atom is 0.410 e. The van der Waals surface area contributed by atoms with Gasteiger partial charge < -0.3 is 15.0 Å². The van der Waals surface area contributed by atoms with Gasteiger partial charge >= 0.3 is 6.09 Å². The average Bonchev–Trinajstić information content (AvgIpc) is 2.89. The molecule has 0 saturated carbocycles. The van der Waals surface area contributed by atoms with Crippen molar-refractivity contribution in [2.24, 2.45) is 0 Å². The molecule has 5 nitrogen and oxygen atoms in total. The van der Waals surface area contributed by atoms with E-state index in [0.717, 1.165) is 29.7 Å². The molecule has 0 aromatic carbocycles. The summed E-state index contributed by atoms with van der Waals surface area (Å²) in [6, 6.07) is 1.94. The Morgan fingerprint density at radius 1 is 1.39 bits per heavy atom. The molecule has 128 valence electrons. The highest BCUT2D eigenvalue weighted by Crippen LogP contribution is 2.21. The van der Waals surface area contributed by atoms with Crippen molar-refractivity contribution >= 4 is 23.3 Å². The van der Waals surface area contributed by atoms with Crippen LogP contribution in [-0.4, -0.2) is 41.6 Å². The molecular weight excluding hydrogens is 312 g/mol. The van der Waals surface area contributed by atoms with Crippen LogP contribution >= 0.6 is 11.3 Å². The van der Waals surface area contributed by atoms with Crippen LogP contribution in [0, 0.1) is 6.92 Å². The van der Waals surface area contributed by atoms with Crippen LogP contribution in [0.1, 0.15) is 55.3 Å². The fraction of sp³-hybridized carbons (Fsp3) is 0.647. The number of rotatable bonds is 3. The molecule has 6 heteroatoms. The molecule has 23 heavy (non-hydrogen) atoms. The lowest BCUT2D eigenvalue weighted by Gasteiger charge is -2.36. The van der Waals surface area contributed by atoms with Crippen molar-refractivity contribution in [2.75, 3.05) is 13.1 Å². The van der Waals surface area contributed by atoms with E-state index in [4.69, 9.17) is 4.74 Å². The van der Waals surface area contributed by atoms with Gasteiger partial charge in [-0.2, -0.15) is 0 Å². The van der Waals surface area contributed by atoms with Crippen molar-refractivity contribution in [1.82, 2.24) is 10.2 Å². The Balaban J connectivity index is 1.95. The zero-order valence-corrected chi connectivity index (χ0v) is 15.2. The van der Waals surface area contributed by atoms with Gasteiger partial charge in [0.05, 0.1) is 10.9 Å². The SMILES string of the molecule is Cc1ccsc1C(=O)NC[C@H]1CCCCN1C(=O)OC(C)(C)C. The van der Waals surface area contributed by atoms with Crippen LogP contribution in [0.3, 0.4) is 0 Å². The van der Waals surface area contributed by atoms with Crippen molar-refractivity contribution in [1.29, 1.82) is 0 Å². The van der Waals surface area contributed by atoms with Gasteiger partial charge in [0.25, 0.3) is 5.91 Å². The van der Waals surface area contributed by atoms with Crippen LogP contribution in [0.2, 0.25) is 0 Å². The second-order valence-electron chi connectivity index (χ2n) is 6.97. The van der Waals surface area contributed by atoms with E-state index in [-0.39, 0.29) is 18.0 Å². The lowest BCUT2D eigenvalue weighted by molar-refractivity contribution is 0.00986. The van der Waals surface area contributed by atoms with Gasteiger partial charge in [0.2, 0.25) is 0 Å². The fourth-order valence-electron chi connectivity index (χ4n) is 2.67. The second kappa shape index (κ2) is 7.34. The van der Waals surface area contributed by atoms with Crippen LogP contribution in [0.25, 0.3) is 0 Å². The van der Waals surface area contributed by atoms with Crippen LogP contribution in [0.4, 0.5) is 4.79 Å². The van der Waals surface area contributed by atoms with Crippen molar-refractivity contribution in [3.05, 3.63) is 21.9 Å². The number of nitrogens with one attached hydrogen (secondary N) is 1. The minimum Gasteiger partial charge on any atom is -0.444 e. The van der Waals surface area contributed by atoms with Gasteiger partial charge in [0.1, 0.15) is 5.60 Å². The summed E-state index contributed by atoms with van der Waals surface area (Å²) >= 11 is 1.44. The van der Waals surface area contributed by atoms with E-state index < -0.39 is 5.60 Å². The smallest absolute Gasteiger partial charge is 0.410 e. The normalized spacial score (nSPS) is 18.6. The van der Waals surface area contributed by atoms with Crippen LogP contribution in [-0.2, 0) is 4.74 Å². The number of hydrogen-bond donors (Lipinski definition) is 1. The summed E-state index contributed by atoms with van der Waals surface area (Å²) < 4.78 is 5.48. The highest BCUT2D eigenvalue weighted by Gasteiger charge is 2.30. The van der Waals surface area contributed by atoms with Gasteiger partial charge in [-0.3, -0.25) is 4.79 Å². The van der Waals surface area contributed by atoms with Crippen molar-refractivity contribution in [3.63, 3.8) is 0 Å². The maximum atomic E-state index is 12.3. The van der Waals surface area contributed by atoms with Gasteiger partial charge in [-0.1, -0.05) is 0 Å². The van der Waals surface area contributed by atoms with Crippen LogP contribution in [0.5, 0.6) is 0 Å². The van der Waals surface area contributed by atoms with Crippen molar-refractivity contribution in [3.8, 4) is 0 Å². The number of aryl methyl sites for hydroxylation is 1. The predicted octanol–water partition coefficient (Wildman–Crippen LogP) is 3.58. The predicted molar refractivity (Wildman–Crippen MR) is 92.0 cm³/mol. The van der Waals surface area contributed by atoms with Crippen LogP contribution < -0.4 is 5.32 Å². The minimum absolute atomic E-state index is 0.00261. The Kier molecular flexibility index (Phi) is 5.68. The molecular formula is C17H26N2O3S. The molecule has 0 unspecified atom stereocenters. The van der Waals surface area contributed by atoms with E-state index in [9.17, 15) is 9.59 Å². The van der Waals surface area contributed by atoms with Gasteiger partial charge in [0.15, 0.2) is 0 Å². The van der Waals surface area contributed by atoms with E-state index in [1.807, 2.05) is 39.1 Å². The Hall–Kier alpha value is -1.56. The molecule has 1 aliphatic heterocycles. The van der Waals surface area contributed by atoms with E-state index in [0.29, 0.717) is 13.1 Å². The van der Waals surface area contributed by atoms with E-state index >= 15 is 0 Å². The van der Waals surface area contributed by atoms with E-state index in [1.165, 1.54) is 11.3 Å². The molecule has 0 aliphatic carbocycles. The summed E-state index contributed by atoms with van der Waals surface area (Å²) in [6.45, 7) is 8.68. The quantitative estimate of drug-likeness (QED) is 0.916. The highest BCUT2D eigenvalue weighted by molar-refractivity contribution is 7.12. The third-order valence-corrected chi connectivity index (χ3v) is 4.84. The van der Waals surface area contributed by atoms with Gasteiger partial charge in [-0.25, -0.2) is 4.79 Å². The summed E-state index contributed by atoms with van der Waals surface area (Å²) in [5.74, 6) is -0.0628. The fourth-order valence-corrected chi connectivity index (χ4v) is 3.51. The summed E-state index contributed by atoms with van der Waals surface area (Å²) in [7, 11) is 0.